The van der Waals surface area contributed by atoms with Crippen LogP contribution in [0, 0.1) is 24.0 Å². The van der Waals surface area contributed by atoms with Gasteiger partial charge in [-0.15, -0.1) is 0 Å². The van der Waals surface area contributed by atoms with Crippen molar-refractivity contribution in [2.24, 2.45) is 0 Å². The van der Waals surface area contributed by atoms with Crippen LogP contribution in [0.5, 0.6) is 0 Å². The third-order valence-electron chi connectivity index (χ3n) is 3.50. The lowest BCUT2D eigenvalue weighted by molar-refractivity contribution is -0.385. The molecule has 0 radical (unpaired) electrons. The first-order valence-electron chi connectivity index (χ1n) is 6.10. The topological polar surface area (TPSA) is 80.5 Å². The number of hydrogen-bond donors (Lipinski definition) is 0. The lowest BCUT2D eigenvalue weighted by atomic mass is 10.1. The molecule has 0 spiro atoms. The summed E-state index contributed by atoms with van der Waals surface area (Å²) in [5.74, 6) is 0. The van der Waals surface area contributed by atoms with Gasteiger partial charge in [0.1, 0.15) is 0 Å². The zero-order chi connectivity index (χ0) is 14.2. The van der Waals surface area contributed by atoms with Gasteiger partial charge >= 0.3 is 0 Å². The summed E-state index contributed by atoms with van der Waals surface area (Å²) in [5.41, 5.74) is 1.02. The molecular formula is C12H16N2O4S. The van der Waals surface area contributed by atoms with Crippen LogP contribution in [0.15, 0.2) is 17.0 Å². The van der Waals surface area contributed by atoms with Crippen molar-refractivity contribution in [2.45, 2.75) is 31.6 Å². The average molecular weight is 284 g/mol. The first-order valence-corrected chi connectivity index (χ1v) is 7.54. The summed E-state index contributed by atoms with van der Waals surface area (Å²) < 4.78 is 26.4. The third-order valence-corrected chi connectivity index (χ3v) is 5.52. The number of nitro groups is 1. The van der Waals surface area contributed by atoms with Gasteiger partial charge in [0.25, 0.3) is 5.69 Å². The highest BCUT2D eigenvalue weighted by Gasteiger charge is 2.30. The van der Waals surface area contributed by atoms with Crippen LogP contribution in [-0.2, 0) is 10.0 Å². The molecule has 104 valence electrons. The van der Waals surface area contributed by atoms with Crippen LogP contribution >= 0.6 is 0 Å². The fourth-order valence-electron chi connectivity index (χ4n) is 2.25. The SMILES string of the molecule is Cc1cc([N+](=O)[O-])cc(S(=O)(=O)N2CCCC2)c1C. The largest absolute Gasteiger partial charge is 0.271 e. The van der Waals surface area contributed by atoms with Crippen molar-refractivity contribution in [1.29, 1.82) is 0 Å². The fraction of sp³-hybridized carbons (Fsp3) is 0.500. The molecule has 1 heterocycles. The van der Waals surface area contributed by atoms with E-state index in [-0.39, 0.29) is 10.6 Å². The van der Waals surface area contributed by atoms with Crippen molar-refractivity contribution in [1.82, 2.24) is 4.31 Å². The lowest BCUT2D eigenvalue weighted by Crippen LogP contribution is -2.28. The van der Waals surface area contributed by atoms with Gasteiger partial charge in [0.15, 0.2) is 0 Å². The number of benzene rings is 1. The highest BCUT2D eigenvalue weighted by molar-refractivity contribution is 7.89. The Kier molecular flexibility index (Phi) is 3.60. The summed E-state index contributed by atoms with van der Waals surface area (Å²) in [7, 11) is -3.62. The molecule has 0 bridgehead atoms. The Morgan fingerprint density at radius 1 is 1.21 bits per heavy atom. The molecule has 1 fully saturated rings. The van der Waals surface area contributed by atoms with E-state index in [9.17, 15) is 18.5 Å². The molecule has 1 aromatic carbocycles. The van der Waals surface area contributed by atoms with Gasteiger partial charge in [-0.05, 0) is 37.8 Å². The van der Waals surface area contributed by atoms with Crippen molar-refractivity contribution in [3.8, 4) is 0 Å². The van der Waals surface area contributed by atoms with Crippen LogP contribution in [-0.4, -0.2) is 30.7 Å². The number of rotatable bonds is 3. The zero-order valence-corrected chi connectivity index (χ0v) is 11.7. The van der Waals surface area contributed by atoms with E-state index in [0.717, 1.165) is 18.9 Å². The van der Waals surface area contributed by atoms with E-state index in [0.29, 0.717) is 24.2 Å². The van der Waals surface area contributed by atoms with Gasteiger partial charge in [0, 0.05) is 25.2 Å². The molecule has 0 amide bonds. The van der Waals surface area contributed by atoms with Gasteiger partial charge in [0.2, 0.25) is 10.0 Å². The van der Waals surface area contributed by atoms with E-state index in [1.165, 1.54) is 10.4 Å². The molecule has 19 heavy (non-hydrogen) atoms. The number of nitrogens with zero attached hydrogens (tertiary/aromatic N) is 2. The first kappa shape index (κ1) is 14.0. The number of nitro benzene ring substituents is 1. The highest BCUT2D eigenvalue weighted by Crippen LogP contribution is 2.29. The van der Waals surface area contributed by atoms with Crippen molar-refractivity contribution >= 4 is 15.7 Å². The molecule has 0 atom stereocenters. The van der Waals surface area contributed by atoms with E-state index < -0.39 is 14.9 Å². The van der Waals surface area contributed by atoms with Crippen LogP contribution in [0.2, 0.25) is 0 Å². The minimum Gasteiger partial charge on any atom is -0.258 e. The van der Waals surface area contributed by atoms with E-state index in [1.54, 1.807) is 13.8 Å². The van der Waals surface area contributed by atoms with Crippen LogP contribution in [0.4, 0.5) is 5.69 Å². The van der Waals surface area contributed by atoms with E-state index in [1.807, 2.05) is 0 Å². The predicted octanol–water partition coefficient (Wildman–Crippen LogP) is 2.00. The Morgan fingerprint density at radius 3 is 2.32 bits per heavy atom. The summed E-state index contributed by atoms with van der Waals surface area (Å²) in [4.78, 5) is 10.4. The fourth-order valence-corrected chi connectivity index (χ4v) is 4.08. The molecule has 0 saturated carbocycles. The monoisotopic (exact) mass is 284 g/mol. The maximum absolute atomic E-state index is 12.5. The van der Waals surface area contributed by atoms with Crippen molar-refractivity contribution in [3.63, 3.8) is 0 Å². The first-order chi connectivity index (χ1) is 8.84. The van der Waals surface area contributed by atoms with Gasteiger partial charge in [0.05, 0.1) is 9.82 Å². The number of aryl methyl sites for hydroxylation is 1. The normalized spacial score (nSPS) is 16.7. The van der Waals surface area contributed by atoms with Crippen LogP contribution in [0.1, 0.15) is 24.0 Å². The highest BCUT2D eigenvalue weighted by atomic mass is 32.2. The molecule has 7 heteroatoms. The molecule has 2 rings (SSSR count). The molecule has 1 saturated heterocycles. The zero-order valence-electron chi connectivity index (χ0n) is 10.9. The van der Waals surface area contributed by atoms with Crippen molar-refractivity contribution < 1.29 is 13.3 Å². The second kappa shape index (κ2) is 4.90. The Hall–Kier alpha value is -1.47. The quantitative estimate of drug-likeness (QED) is 0.628. The lowest BCUT2D eigenvalue weighted by Gasteiger charge is -2.17. The number of non-ortho nitro benzene ring substituents is 1. The van der Waals surface area contributed by atoms with Gasteiger partial charge in [-0.3, -0.25) is 10.1 Å². The summed E-state index contributed by atoms with van der Waals surface area (Å²) in [6.45, 7) is 4.35. The predicted molar refractivity (Wildman–Crippen MR) is 70.6 cm³/mol. The molecule has 6 nitrogen and oxygen atoms in total. The minimum absolute atomic E-state index is 0.0566. The molecule has 1 aliphatic heterocycles. The number of sulfonamides is 1. The smallest absolute Gasteiger partial charge is 0.258 e. The van der Waals surface area contributed by atoms with Crippen LogP contribution in [0.25, 0.3) is 0 Å². The summed E-state index contributed by atoms with van der Waals surface area (Å²) in [6, 6.07) is 2.56. The Labute approximate surface area is 112 Å². The summed E-state index contributed by atoms with van der Waals surface area (Å²) in [5, 5.41) is 10.9. The van der Waals surface area contributed by atoms with E-state index in [2.05, 4.69) is 0 Å². The number of hydrogen-bond acceptors (Lipinski definition) is 4. The van der Waals surface area contributed by atoms with E-state index >= 15 is 0 Å². The second-order valence-corrected chi connectivity index (χ2v) is 6.66. The maximum Gasteiger partial charge on any atom is 0.271 e. The van der Waals surface area contributed by atoms with Crippen molar-refractivity contribution in [3.05, 3.63) is 33.4 Å². The standard InChI is InChI=1S/C12H16N2O4S/c1-9-7-11(14(15)16)8-12(10(9)2)19(17,18)13-5-3-4-6-13/h7-8H,3-6H2,1-2H3. The molecule has 0 aliphatic carbocycles. The summed E-state index contributed by atoms with van der Waals surface area (Å²) in [6.07, 6.45) is 1.68. The molecule has 0 unspecified atom stereocenters. The van der Waals surface area contributed by atoms with Gasteiger partial charge in [-0.1, -0.05) is 0 Å². The molecule has 1 aromatic rings. The third kappa shape index (κ3) is 2.48. The summed E-state index contributed by atoms with van der Waals surface area (Å²) >= 11 is 0. The Morgan fingerprint density at radius 2 is 1.79 bits per heavy atom. The Bertz CT molecular complexity index is 619. The van der Waals surface area contributed by atoms with Gasteiger partial charge in [-0.2, -0.15) is 4.31 Å². The molecule has 0 N–H and O–H groups in total. The minimum atomic E-state index is -3.62. The maximum atomic E-state index is 12.5. The average Bonchev–Trinajstić information content (AvgIpc) is 2.86. The van der Waals surface area contributed by atoms with Crippen molar-refractivity contribution in [2.75, 3.05) is 13.1 Å². The van der Waals surface area contributed by atoms with Crippen LogP contribution in [0.3, 0.4) is 0 Å². The van der Waals surface area contributed by atoms with E-state index in [4.69, 9.17) is 0 Å². The molecule has 1 aliphatic rings. The molecular weight excluding hydrogens is 268 g/mol. The van der Waals surface area contributed by atoms with Gasteiger partial charge < -0.3 is 0 Å². The van der Waals surface area contributed by atoms with Crippen LogP contribution < -0.4 is 0 Å². The molecule has 0 aromatic heterocycles. The second-order valence-electron chi connectivity index (χ2n) is 4.75. The Balaban J connectivity index is 2.57. The van der Waals surface area contributed by atoms with Gasteiger partial charge in [-0.25, -0.2) is 8.42 Å².